The zero-order chi connectivity index (χ0) is 16.0. The van der Waals surface area contributed by atoms with E-state index in [1.54, 1.807) is 6.92 Å². The van der Waals surface area contributed by atoms with E-state index in [-0.39, 0.29) is 11.9 Å². The van der Waals surface area contributed by atoms with E-state index in [4.69, 9.17) is 10.00 Å². The van der Waals surface area contributed by atoms with Crippen molar-refractivity contribution < 1.29 is 9.53 Å². The predicted molar refractivity (Wildman–Crippen MR) is 84.4 cm³/mol. The van der Waals surface area contributed by atoms with Crippen LogP contribution < -0.4 is 4.90 Å². The third-order valence-electron chi connectivity index (χ3n) is 3.29. The summed E-state index contributed by atoms with van der Waals surface area (Å²) in [4.78, 5) is 18.7. The Bertz CT molecular complexity index is 519. The summed E-state index contributed by atoms with van der Waals surface area (Å²) in [7, 11) is 0. The number of nitrogens with zero attached hydrogens (tertiary/aromatic N) is 3. The molecule has 1 atom stereocenters. The van der Waals surface area contributed by atoms with Crippen LogP contribution in [0, 0.1) is 17.2 Å². The second-order valence-electron chi connectivity index (χ2n) is 5.43. The number of esters is 1. The molecule has 0 aliphatic rings. The number of carbonyl (C=O) groups is 1. The van der Waals surface area contributed by atoms with Gasteiger partial charge in [0.1, 0.15) is 5.41 Å². The molecule has 1 unspecified atom stereocenters. The molecule has 116 valence electrons. The number of thiazole rings is 1. The van der Waals surface area contributed by atoms with Gasteiger partial charge in [0.25, 0.3) is 0 Å². The molecule has 0 N–H and O–H groups in total. The van der Waals surface area contributed by atoms with Gasteiger partial charge in [-0.1, -0.05) is 0 Å². The first-order valence-electron chi connectivity index (χ1n) is 7.14. The molecule has 1 rings (SSSR count). The molecule has 1 aromatic rings. The van der Waals surface area contributed by atoms with Crippen molar-refractivity contribution >= 4 is 22.4 Å². The lowest BCUT2D eigenvalue weighted by Gasteiger charge is -2.22. The van der Waals surface area contributed by atoms with Gasteiger partial charge in [0, 0.05) is 18.5 Å². The first-order chi connectivity index (χ1) is 9.86. The van der Waals surface area contributed by atoms with Crippen LogP contribution in [0.25, 0.3) is 0 Å². The summed E-state index contributed by atoms with van der Waals surface area (Å²) in [6.45, 7) is 11.1. The van der Waals surface area contributed by atoms with E-state index >= 15 is 0 Å². The molecular weight excluding hydrogens is 286 g/mol. The smallest absolute Gasteiger partial charge is 0.317 e. The fourth-order valence-corrected chi connectivity index (χ4v) is 2.89. The van der Waals surface area contributed by atoms with Crippen molar-refractivity contribution in [3.05, 3.63) is 11.1 Å². The Balaban J connectivity index is 2.94. The van der Waals surface area contributed by atoms with Crippen LogP contribution in [0.3, 0.4) is 0 Å². The summed E-state index contributed by atoms with van der Waals surface area (Å²) in [6.07, 6.45) is 0. The Morgan fingerprint density at radius 3 is 2.76 bits per heavy atom. The largest absolute Gasteiger partial charge is 0.465 e. The number of rotatable bonds is 7. The molecule has 21 heavy (non-hydrogen) atoms. The highest BCUT2D eigenvalue weighted by atomic mass is 32.1. The van der Waals surface area contributed by atoms with E-state index in [1.807, 2.05) is 33.1 Å². The predicted octanol–water partition coefficient (Wildman–Crippen LogP) is 2.97. The third kappa shape index (κ3) is 4.18. The van der Waals surface area contributed by atoms with Gasteiger partial charge < -0.3 is 9.64 Å². The summed E-state index contributed by atoms with van der Waals surface area (Å²) in [6, 6.07) is 2.23. The minimum atomic E-state index is -0.759. The number of ether oxygens (including phenoxy) is 1. The average Bonchev–Trinajstić information content (AvgIpc) is 2.94. The van der Waals surface area contributed by atoms with Crippen LogP contribution in [0.15, 0.2) is 5.38 Å². The van der Waals surface area contributed by atoms with Crippen molar-refractivity contribution in [3.8, 4) is 6.07 Å². The molecular formula is C15H23N3O2S. The molecule has 0 aliphatic carbocycles. The van der Waals surface area contributed by atoms with Crippen LogP contribution in [0.4, 0.5) is 5.13 Å². The zero-order valence-corrected chi connectivity index (χ0v) is 14.2. The van der Waals surface area contributed by atoms with Crippen molar-refractivity contribution in [2.75, 3.05) is 24.6 Å². The van der Waals surface area contributed by atoms with Gasteiger partial charge in [-0.15, -0.1) is 11.3 Å². The van der Waals surface area contributed by atoms with E-state index in [0.717, 1.165) is 11.7 Å². The van der Waals surface area contributed by atoms with Gasteiger partial charge in [0.05, 0.1) is 24.3 Å². The van der Waals surface area contributed by atoms with Crippen LogP contribution in [0.5, 0.6) is 0 Å². The van der Waals surface area contributed by atoms with E-state index in [1.165, 1.54) is 11.3 Å². The number of hydrogen-bond donors (Lipinski definition) is 0. The number of aromatic nitrogens is 1. The molecule has 0 fully saturated rings. The summed E-state index contributed by atoms with van der Waals surface area (Å²) < 4.78 is 5.11. The molecule has 1 heterocycles. The lowest BCUT2D eigenvalue weighted by molar-refractivity contribution is -0.148. The molecule has 0 aliphatic heterocycles. The van der Waals surface area contributed by atoms with Gasteiger partial charge in [-0.2, -0.15) is 5.26 Å². The molecule has 0 amide bonds. The fraction of sp³-hybridized carbons (Fsp3) is 0.667. The van der Waals surface area contributed by atoms with E-state index in [9.17, 15) is 4.79 Å². The Labute approximate surface area is 130 Å². The Hall–Kier alpha value is -1.61. The van der Waals surface area contributed by atoms with Crippen molar-refractivity contribution in [1.82, 2.24) is 4.98 Å². The Kier molecular flexibility index (Phi) is 6.16. The summed E-state index contributed by atoms with van der Waals surface area (Å²) in [5.41, 5.74) is -0.0469. The van der Waals surface area contributed by atoms with Crippen LogP contribution in [0.1, 0.15) is 40.3 Å². The SMILES string of the molecule is CCOC(=O)C(C)(C)c1csc(N(CC)CC(C)C#N)n1. The molecule has 6 heteroatoms. The fourth-order valence-electron chi connectivity index (χ4n) is 1.83. The van der Waals surface area contributed by atoms with Crippen molar-refractivity contribution in [1.29, 1.82) is 5.26 Å². The molecule has 5 nitrogen and oxygen atoms in total. The summed E-state index contributed by atoms with van der Waals surface area (Å²) >= 11 is 1.49. The zero-order valence-electron chi connectivity index (χ0n) is 13.3. The molecule has 0 spiro atoms. The quantitative estimate of drug-likeness (QED) is 0.724. The van der Waals surface area contributed by atoms with Crippen LogP contribution >= 0.6 is 11.3 Å². The molecule has 0 bridgehead atoms. The molecule has 0 aromatic carbocycles. The van der Waals surface area contributed by atoms with Crippen molar-refractivity contribution in [3.63, 3.8) is 0 Å². The summed E-state index contributed by atoms with van der Waals surface area (Å²) in [5, 5.41) is 11.7. The Morgan fingerprint density at radius 1 is 1.57 bits per heavy atom. The van der Waals surface area contributed by atoms with Gasteiger partial charge in [-0.05, 0) is 34.6 Å². The third-order valence-corrected chi connectivity index (χ3v) is 4.19. The first kappa shape index (κ1) is 17.4. The van der Waals surface area contributed by atoms with Crippen LogP contribution in [0.2, 0.25) is 0 Å². The van der Waals surface area contributed by atoms with Crippen molar-refractivity contribution in [2.24, 2.45) is 5.92 Å². The molecule has 0 saturated carbocycles. The number of carbonyl (C=O) groups excluding carboxylic acids is 1. The second-order valence-corrected chi connectivity index (χ2v) is 6.27. The Morgan fingerprint density at radius 2 is 2.24 bits per heavy atom. The highest BCUT2D eigenvalue weighted by Crippen LogP contribution is 2.30. The monoisotopic (exact) mass is 309 g/mol. The minimum absolute atomic E-state index is 0.0598. The summed E-state index contributed by atoms with van der Waals surface area (Å²) in [5.74, 6) is -0.328. The van der Waals surface area contributed by atoms with Crippen LogP contribution in [-0.4, -0.2) is 30.6 Å². The topological polar surface area (TPSA) is 66.2 Å². The molecule has 1 aromatic heterocycles. The van der Waals surface area contributed by atoms with Gasteiger partial charge in [0.15, 0.2) is 5.13 Å². The van der Waals surface area contributed by atoms with Crippen molar-refractivity contribution in [2.45, 2.75) is 40.0 Å². The van der Waals surface area contributed by atoms with Gasteiger partial charge in [-0.25, -0.2) is 4.98 Å². The van der Waals surface area contributed by atoms with E-state index < -0.39 is 5.41 Å². The molecule has 0 radical (unpaired) electrons. The first-order valence-corrected chi connectivity index (χ1v) is 8.02. The van der Waals surface area contributed by atoms with E-state index in [2.05, 4.69) is 16.0 Å². The maximum Gasteiger partial charge on any atom is 0.317 e. The van der Waals surface area contributed by atoms with Gasteiger partial charge in [0.2, 0.25) is 0 Å². The van der Waals surface area contributed by atoms with E-state index in [0.29, 0.717) is 18.8 Å². The number of hydrogen-bond acceptors (Lipinski definition) is 6. The van der Waals surface area contributed by atoms with Crippen LogP contribution in [-0.2, 0) is 14.9 Å². The standard InChI is InChI=1S/C15H23N3O2S/c1-6-18(9-11(3)8-16)14-17-12(10-21-14)15(4,5)13(19)20-7-2/h10-11H,6-7,9H2,1-5H3. The normalized spacial score (nSPS) is 12.6. The second kappa shape index (κ2) is 7.41. The number of nitriles is 1. The maximum atomic E-state index is 12.0. The highest BCUT2D eigenvalue weighted by Gasteiger charge is 2.34. The highest BCUT2D eigenvalue weighted by molar-refractivity contribution is 7.13. The minimum Gasteiger partial charge on any atom is -0.465 e. The molecule has 0 saturated heterocycles. The average molecular weight is 309 g/mol. The lowest BCUT2D eigenvalue weighted by Crippen LogP contribution is -2.32. The maximum absolute atomic E-state index is 12.0. The lowest BCUT2D eigenvalue weighted by atomic mass is 9.90. The van der Waals surface area contributed by atoms with Gasteiger partial charge in [-0.3, -0.25) is 4.79 Å². The number of anilines is 1. The van der Waals surface area contributed by atoms with Gasteiger partial charge >= 0.3 is 5.97 Å².